The fourth-order valence-electron chi connectivity index (χ4n) is 4.48. The summed E-state index contributed by atoms with van der Waals surface area (Å²) in [5.74, 6) is -1.53. The number of aromatic nitrogens is 3. The van der Waals surface area contributed by atoms with Crippen molar-refractivity contribution in [2.24, 2.45) is 0 Å². The van der Waals surface area contributed by atoms with Crippen LogP contribution in [-0.2, 0) is 16.0 Å². The number of aromatic amines is 1. The van der Waals surface area contributed by atoms with E-state index in [1.807, 2.05) is 32.9 Å². The lowest BCUT2D eigenvalue weighted by Crippen LogP contribution is -2.39. The van der Waals surface area contributed by atoms with Crippen molar-refractivity contribution in [2.45, 2.75) is 27.2 Å². The van der Waals surface area contributed by atoms with Crippen LogP contribution in [-0.4, -0.2) is 21.6 Å². The maximum atomic E-state index is 13.9. The van der Waals surface area contributed by atoms with Crippen LogP contribution in [0.25, 0.3) is 17.0 Å². The van der Waals surface area contributed by atoms with Crippen molar-refractivity contribution in [1.29, 1.82) is 0 Å². The van der Waals surface area contributed by atoms with Gasteiger partial charge in [-0.05, 0) is 68.3 Å². The Balaban J connectivity index is 1.78. The maximum absolute atomic E-state index is 13.9. The van der Waals surface area contributed by atoms with Gasteiger partial charge in [-0.1, -0.05) is 19.1 Å². The van der Waals surface area contributed by atoms with Gasteiger partial charge >= 0.3 is 5.91 Å². The van der Waals surface area contributed by atoms with E-state index in [-0.39, 0.29) is 16.8 Å². The van der Waals surface area contributed by atoms with Gasteiger partial charge < -0.3 is 0 Å². The molecular weight excluding hydrogens is 459 g/mol. The van der Waals surface area contributed by atoms with E-state index in [0.29, 0.717) is 23.5 Å². The lowest BCUT2D eigenvalue weighted by molar-refractivity contribution is -0.577. The Morgan fingerprint density at radius 2 is 1.61 bits per heavy atom. The molecule has 36 heavy (non-hydrogen) atoms. The number of imide groups is 1. The van der Waals surface area contributed by atoms with Gasteiger partial charge in [0.25, 0.3) is 17.2 Å². The van der Waals surface area contributed by atoms with Crippen molar-refractivity contribution in [3.63, 3.8) is 0 Å². The summed E-state index contributed by atoms with van der Waals surface area (Å²) >= 11 is 0. The van der Waals surface area contributed by atoms with Gasteiger partial charge in [0.1, 0.15) is 11.4 Å². The van der Waals surface area contributed by atoms with Gasteiger partial charge in [0, 0.05) is 17.3 Å². The number of nitrogens with one attached hydrogen (secondary N) is 1. The van der Waals surface area contributed by atoms with Crippen molar-refractivity contribution < 1.29 is 18.5 Å². The second-order valence-electron chi connectivity index (χ2n) is 8.73. The van der Waals surface area contributed by atoms with E-state index in [0.717, 1.165) is 16.0 Å². The zero-order valence-corrected chi connectivity index (χ0v) is 20.1. The number of rotatable bonds is 5. The van der Waals surface area contributed by atoms with Crippen LogP contribution in [0.4, 0.5) is 10.1 Å². The Bertz CT molecular complexity index is 1610. The Kier molecular flexibility index (Phi) is 5.72. The van der Waals surface area contributed by atoms with Gasteiger partial charge in [-0.25, -0.2) is 14.0 Å². The highest BCUT2D eigenvalue weighted by molar-refractivity contribution is 6.53. The van der Waals surface area contributed by atoms with Crippen molar-refractivity contribution in [2.75, 3.05) is 4.90 Å². The number of pyridine rings is 1. The maximum Gasteiger partial charge on any atom is 0.331 e. The van der Waals surface area contributed by atoms with E-state index in [1.54, 1.807) is 41.2 Å². The normalized spacial score (nSPS) is 13.7. The number of halogens is 1. The largest absolute Gasteiger partial charge is 0.331 e. The Labute approximate surface area is 206 Å². The molecule has 0 bridgehead atoms. The van der Waals surface area contributed by atoms with Crippen LogP contribution >= 0.6 is 0 Å². The molecule has 1 N–H and O–H groups in total. The molecule has 8 heteroatoms. The van der Waals surface area contributed by atoms with Crippen LogP contribution < -0.4 is 15.0 Å². The molecule has 0 fully saturated rings. The van der Waals surface area contributed by atoms with Gasteiger partial charge in [-0.3, -0.25) is 19.5 Å². The smallest absolute Gasteiger partial charge is 0.294 e. The minimum atomic E-state index is -0.577. The average molecular weight is 484 g/mol. The Morgan fingerprint density at radius 1 is 0.889 bits per heavy atom. The molecule has 2 aromatic carbocycles. The standard InChI is InChI=1S/C28H23FN4O3/c1-4-22-23(27(35)33(30-22)20-12-10-19(29)11-13-20)24-25(31-14-6-8-18(3)16-31)28(36)32(26(24)34)21-9-5-7-17(2)15-21/h5-16H,4H2,1-3H3/p+1. The third kappa shape index (κ3) is 3.76. The number of aryl methyl sites for hydroxylation is 3. The predicted octanol–water partition coefficient (Wildman–Crippen LogP) is 3.71. The molecule has 0 atom stereocenters. The third-order valence-electron chi connectivity index (χ3n) is 6.18. The first kappa shape index (κ1) is 23.2. The summed E-state index contributed by atoms with van der Waals surface area (Å²) in [5, 5.41) is 3.05. The monoisotopic (exact) mass is 483 g/mol. The number of hydrogen-bond donors (Lipinski definition) is 1. The second kappa shape index (κ2) is 8.88. The van der Waals surface area contributed by atoms with Crippen LogP contribution in [0.5, 0.6) is 0 Å². The molecular formula is C28H24FN4O3+. The van der Waals surface area contributed by atoms with Gasteiger partial charge in [0.2, 0.25) is 0 Å². The Morgan fingerprint density at radius 3 is 2.28 bits per heavy atom. The predicted molar refractivity (Wildman–Crippen MR) is 134 cm³/mol. The molecule has 2 amide bonds. The zero-order valence-electron chi connectivity index (χ0n) is 20.1. The fraction of sp³-hybridized carbons (Fsp3) is 0.143. The van der Waals surface area contributed by atoms with Crippen LogP contribution in [0, 0.1) is 19.7 Å². The van der Waals surface area contributed by atoms with Gasteiger partial charge in [-0.2, -0.15) is 4.57 Å². The lowest BCUT2D eigenvalue weighted by Gasteiger charge is -2.14. The van der Waals surface area contributed by atoms with E-state index in [9.17, 15) is 18.8 Å². The first-order valence-electron chi connectivity index (χ1n) is 11.6. The van der Waals surface area contributed by atoms with E-state index < -0.39 is 23.2 Å². The van der Waals surface area contributed by atoms with E-state index in [4.69, 9.17) is 0 Å². The van der Waals surface area contributed by atoms with Gasteiger partial charge in [0.05, 0.1) is 16.9 Å². The average Bonchev–Trinajstić information content (AvgIpc) is 3.31. The van der Waals surface area contributed by atoms with Crippen LogP contribution in [0.2, 0.25) is 0 Å². The first-order valence-corrected chi connectivity index (χ1v) is 11.6. The van der Waals surface area contributed by atoms with Crippen molar-refractivity contribution in [3.8, 4) is 5.69 Å². The molecule has 0 unspecified atom stereocenters. The molecule has 0 saturated heterocycles. The van der Waals surface area contributed by atoms with E-state index >= 15 is 0 Å². The molecule has 7 nitrogen and oxygen atoms in total. The summed E-state index contributed by atoms with van der Waals surface area (Å²) < 4.78 is 16.4. The number of benzene rings is 2. The van der Waals surface area contributed by atoms with E-state index in [1.165, 1.54) is 28.9 Å². The molecule has 0 saturated carbocycles. The topological polar surface area (TPSA) is 79.1 Å². The van der Waals surface area contributed by atoms with Crippen molar-refractivity contribution in [3.05, 3.63) is 112 Å². The summed E-state index contributed by atoms with van der Waals surface area (Å²) in [4.78, 5) is 42.6. The summed E-state index contributed by atoms with van der Waals surface area (Å²) in [5.41, 5.74) is 2.87. The van der Waals surface area contributed by atoms with E-state index in [2.05, 4.69) is 5.10 Å². The van der Waals surface area contributed by atoms with Gasteiger partial charge in [-0.15, -0.1) is 0 Å². The molecule has 180 valence electrons. The molecule has 1 aliphatic rings. The molecule has 0 aliphatic carbocycles. The molecule has 5 rings (SSSR count). The Hall–Kier alpha value is -4.59. The minimum absolute atomic E-state index is 0.0241. The highest BCUT2D eigenvalue weighted by Crippen LogP contribution is 2.34. The number of carbonyl (C=O) groups is 2. The number of anilines is 1. The highest BCUT2D eigenvalue weighted by atomic mass is 19.1. The molecule has 2 aromatic heterocycles. The quantitative estimate of drug-likeness (QED) is 0.347. The second-order valence-corrected chi connectivity index (χ2v) is 8.73. The van der Waals surface area contributed by atoms with Gasteiger partial charge in [0.15, 0.2) is 12.4 Å². The fourth-order valence-corrected chi connectivity index (χ4v) is 4.48. The zero-order chi connectivity index (χ0) is 25.6. The van der Waals surface area contributed by atoms with Crippen molar-refractivity contribution >= 4 is 28.8 Å². The molecule has 1 aliphatic heterocycles. The number of hydrogen-bond acceptors (Lipinski definition) is 3. The van der Waals surface area contributed by atoms with Crippen LogP contribution in [0.3, 0.4) is 0 Å². The minimum Gasteiger partial charge on any atom is -0.294 e. The van der Waals surface area contributed by atoms with Crippen LogP contribution in [0.15, 0.2) is 77.9 Å². The third-order valence-corrected chi connectivity index (χ3v) is 6.18. The summed E-state index contributed by atoms with van der Waals surface area (Å²) in [6.45, 7) is 5.61. The summed E-state index contributed by atoms with van der Waals surface area (Å²) in [6, 6.07) is 16.2. The number of carbonyl (C=O) groups excluding carboxylic acids is 2. The SMILES string of the molecule is CCc1[nH]n(-c2ccc(F)cc2)c(=O)c1C1=C([n+]2cccc(C)c2)C(=O)N(c2cccc(C)c2)C1=O. The lowest BCUT2D eigenvalue weighted by atomic mass is 10.0. The van der Waals surface area contributed by atoms with Crippen LogP contribution in [0.1, 0.15) is 29.3 Å². The molecule has 3 heterocycles. The number of H-pyrrole nitrogens is 1. The summed E-state index contributed by atoms with van der Waals surface area (Å²) in [7, 11) is 0. The molecule has 0 radical (unpaired) electrons. The highest BCUT2D eigenvalue weighted by Gasteiger charge is 2.48. The molecule has 0 spiro atoms. The number of nitrogens with zero attached hydrogens (tertiary/aromatic N) is 3. The number of amides is 2. The molecule has 4 aromatic rings. The van der Waals surface area contributed by atoms with Crippen molar-refractivity contribution in [1.82, 2.24) is 9.78 Å². The summed E-state index contributed by atoms with van der Waals surface area (Å²) in [6.07, 6.45) is 3.83. The first-order chi connectivity index (χ1) is 17.3.